The molecule has 0 saturated carbocycles. The molecule has 8 nitrogen and oxygen atoms in total. The Morgan fingerprint density at radius 3 is 2.59 bits per heavy atom. The number of methoxy groups -OCH3 is 1. The van der Waals surface area contributed by atoms with Gasteiger partial charge in [0.2, 0.25) is 5.91 Å². The standard InChI is InChI=1S/C23H20ClN3O5/c1-31-18-5-2-4-17(12-18)27-22(29)20(26(23(27)30)14-19-6-3-11-32-19)13-21(28)25-16-9-7-15(24)8-10-16/h2-12,20H,13-14H2,1H3,(H,25,28)/t20-/m1/s1. The lowest BCUT2D eigenvalue weighted by atomic mass is 10.1. The first kappa shape index (κ1) is 21.5. The van der Waals surface area contributed by atoms with Crippen molar-refractivity contribution in [1.29, 1.82) is 0 Å². The van der Waals surface area contributed by atoms with Crippen LogP contribution in [0.2, 0.25) is 5.02 Å². The van der Waals surface area contributed by atoms with E-state index >= 15 is 0 Å². The number of ether oxygens (including phenoxy) is 1. The van der Waals surface area contributed by atoms with Crippen LogP contribution in [0.5, 0.6) is 5.75 Å². The third-order valence-corrected chi connectivity index (χ3v) is 5.30. The molecule has 2 aromatic carbocycles. The predicted octanol–water partition coefficient (Wildman–Crippen LogP) is 4.31. The molecule has 1 atom stereocenters. The zero-order valence-corrected chi connectivity index (χ0v) is 17.9. The van der Waals surface area contributed by atoms with E-state index in [0.717, 1.165) is 4.90 Å². The molecule has 32 heavy (non-hydrogen) atoms. The molecule has 4 rings (SSSR count). The Balaban J connectivity index is 1.59. The van der Waals surface area contributed by atoms with Gasteiger partial charge in [-0.05, 0) is 48.5 Å². The number of hydrogen-bond acceptors (Lipinski definition) is 5. The van der Waals surface area contributed by atoms with Crippen molar-refractivity contribution in [2.24, 2.45) is 0 Å². The first-order chi connectivity index (χ1) is 15.5. The van der Waals surface area contributed by atoms with Crippen LogP contribution in [0.3, 0.4) is 0 Å². The lowest BCUT2D eigenvalue weighted by Crippen LogP contribution is -2.37. The van der Waals surface area contributed by atoms with E-state index in [1.54, 1.807) is 60.7 Å². The summed E-state index contributed by atoms with van der Waals surface area (Å²) in [6, 6.07) is 15.1. The minimum Gasteiger partial charge on any atom is -0.497 e. The van der Waals surface area contributed by atoms with E-state index in [2.05, 4.69) is 5.32 Å². The second-order valence-corrected chi connectivity index (χ2v) is 7.58. The molecule has 0 bridgehead atoms. The van der Waals surface area contributed by atoms with Gasteiger partial charge in [-0.2, -0.15) is 0 Å². The number of carbonyl (C=O) groups excluding carboxylic acids is 3. The van der Waals surface area contributed by atoms with Crippen LogP contribution in [0.4, 0.5) is 16.2 Å². The number of nitrogens with zero attached hydrogens (tertiary/aromatic N) is 2. The lowest BCUT2D eigenvalue weighted by molar-refractivity contribution is -0.124. The third-order valence-electron chi connectivity index (χ3n) is 5.04. The minimum atomic E-state index is -0.994. The lowest BCUT2D eigenvalue weighted by Gasteiger charge is -2.20. The molecule has 2 heterocycles. The molecule has 9 heteroatoms. The molecule has 1 N–H and O–H groups in total. The van der Waals surface area contributed by atoms with E-state index in [1.165, 1.54) is 18.3 Å². The molecule has 3 aromatic rings. The smallest absolute Gasteiger partial charge is 0.332 e. The summed E-state index contributed by atoms with van der Waals surface area (Å²) in [5.74, 6) is 0.0999. The molecular weight excluding hydrogens is 434 g/mol. The first-order valence-electron chi connectivity index (χ1n) is 9.82. The van der Waals surface area contributed by atoms with Crippen LogP contribution in [0.15, 0.2) is 71.3 Å². The summed E-state index contributed by atoms with van der Waals surface area (Å²) in [7, 11) is 1.50. The van der Waals surface area contributed by atoms with Crippen molar-refractivity contribution in [2.75, 3.05) is 17.3 Å². The van der Waals surface area contributed by atoms with E-state index < -0.39 is 23.9 Å². The number of halogens is 1. The van der Waals surface area contributed by atoms with Crippen LogP contribution in [0, 0.1) is 0 Å². The maximum absolute atomic E-state index is 13.3. The zero-order chi connectivity index (χ0) is 22.7. The van der Waals surface area contributed by atoms with Gasteiger partial charge in [0, 0.05) is 16.8 Å². The largest absolute Gasteiger partial charge is 0.497 e. The van der Waals surface area contributed by atoms with E-state index in [1.807, 2.05) is 0 Å². The Morgan fingerprint density at radius 2 is 1.91 bits per heavy atom. The van der Waals surface area contributed by atoms with E-state index in [0.29, 0.717) is 27.9 Å². The van der Waals surface area contributed by atoms with E-state index in [4.69, 9.17) is 20.8 Å². The molecule has 1 saturated heterocycles. The molecule has 0 aliphatic carbocycles. The quantitative estimate of drug-likeness (QED) is 0.538. The summed E-state index contributed by atoms with van der Waals surface area (Å²) in [5, 5.41) is 3.27. The molecule has 4 amide bonds. The van der Waals surface area contributed by atoms with Gasteiger partial charge in [-0.15, -0.1) is 0 Å². The Morgan fingerprint density at radius 1 is 1.12 bits per heavy atom. The second kappa shape index (κ2) is 9.15. The van der Waals surface area contributed by atoms with Crippen molar-refractivity contribution in [3.63, 3.8) is 0 Å². The Kier molecular flexibility index (Phi) is 6.13. The van der Waals surface area contributed by atoms with Crippen LogP contribution >= 0.6 is 11.6 Å². The van der Waals surface area contributed by atoms with Crippen molar-refractivity contribution in [3.05, 3.63) is 77.7 Å². The fourth-order valence-corrected chi connectivity index (χ4v) is 3.62. The number of rotatable bonds is 7. The Bertz CT molecular complexity index is 1130. The number of benzene rings is 2. The highest BCUT2D eigenvalue weighted by Crippen LogP contribution is 2.30. The highest BCUT2D eigenvalue weighted by molar-refractivity contribution is 6.30. The van der Waals surface area contributed by atoms with Gasteiger partial charge in [0.25, 0.3) is 5.91 Å². The number of amides is 4. The summed E-state index contributed by atoms with van der Waals surface area (Å²) in [6.07, 6.45) is 1.27. The van der Waals surface area contributed by atoms with Crippen LogP contribution in [-0.2, 0) is 16.1 Å². The van der Waals surface area contributed by atoms with Crippen molar-refractivity contribution < 1.29 is 23.5 Å². The zero-order valence-electron chi connectivity index (χ0n) is 17.2. The molecule has 0 spiro atoms. The predicted molar refractivity (Wildman–Crippen MR) is 119 cm³/mol. The number of imide groups is 1. The van der Waals surface area contributed by atoms with Gasteiger partial charge in [0.05, 0.1) is 32.0 Å². The highest BCUT2D eigenvalue weighted by atomic mass is 35.5. The monoisotopic (exact) mass is 453 g/mol. The fourth-order valence-electron chi connectivity index (χ4n) is 3.49. The normalized spacial score (nSPS) is 15.9. The number of anilines is 2. The molecule has 164 valence electrons. The van der Waals surface area contributed by atoms with Crippen LogP contribution < -0.4 is 15.0 Å². The maximum atomic E-state index is 13.3. The molecule has 1 aromatic heterocycles. The van der Waals surface area contributed by atoms with E-state index in [-0.39, 0.29) is 13.0 Å². The average Bonchev–Trinajstić information content (AvgIpc) is 3.38. The van der Waals surface area contributed by atoms with Gasteiger partial charge in [0.15, 0.2) is 0 Å². The molecule has 0 unspecified atom stereocenters. The van der Waals surface area contributed by atoms with Crippen LogP contribution in [0.1, 0.15) is 12.2 Å². The third kappa shape index (κ3) is 4.45. The number of furan rings is 1. The van der Waals surface area contributed by atoms with Gasteiger partial charge in [-0.25, -0.2) is 9.69 Å². The molecular formula is C23H20ClN3O5. The summed E-state index contributed by atoms with van der Waals surface area (Å²) < 4.78 is 10.6. The van der Waals surface area contributed by atoms with Crippen molar-refractivity contribution in [3.8, 4) is 5.75 Å². The first-order valence-corrected chi connectivity index (χ1v) is 10.2. The Hall–Kier alpha value is -3.78. The highest BCUT2D eigenvalue weighted by Gasteiger charge is 2.47. The van der Waals surface area contributed by atoms with Crippen molar-refractivity contribution in [2.45, 2.75) is 19.0 Å². The summed E-state index contributed by atoms with van der Waals surface area (Å²) in [6.45, 7) is 0.0525. The summed E-state index contributed by atoms with van der Waals surface area (Å²) in [4.78, 5) is 41.6. The minimum absolute atomic E-state index is 0.0525. The summed E-state index contributed by atoms with van der Waals surface area (Å²) >= 11 is 5.88. The maximum Gasteiger partial charge on any atom is 0.332 e. The van der Waals surface area contributed by atoms with Gasteiger partial charge in [-0.3, -0.25) is 9.59 Å². The van der Waals surface area contributed by atoms with Gasteiger partial charge >= 0.3 is 6.03 Å². The molecule has 1 aliphatic heterocycles. The van der Waals surface area contributed by atoms with Crippen LogP contribution in [0.25, 0.3) is 0 Å². The molecule has 1 aliphatic rings. The van der Waals surface area contributed by atoms with Gasteiger partial charge in [-0.1, -0.05) is 17.7 Å². The van der Waals surface area contributed by atoms with Gasteiger partial charge in [0.1, 0.15) is 17.6 Å². The molecule has 1 fully saturated rings. The SMILES string of the molecule is COc1cccc(N2C(=O)[C@@H](CC(=O)Nc3ccc(Cl)cc3)N(Cc3ccco3)C2=O)c1. The molecule has 0 radical (unpaired) electrons. The number of nitrogens with one attached hydrogen (secondary N) is 1. The fraction of sp³-hybridized carbons (Fsp3) is 0.174. The number of hydrogen-bond donors (Lipinski definition) is 1. The topological polar surface area (TPSA) is 92.1 Å². The number of carbonyl (C=O) groups is 3. The van der Waals surface area contributed by atoms with Gasteiger partial charge < -0.3 is 19.4 Å². The van der Waals surface area contributed by atoms with Crippen molar-refractivity contribution in [1.82, 2.24) is 4.90 Å². The average molecular weight is 454 g/mol. The Labute approximate surface area is 189 Å². The van der Waals surface area contributed by atoms with Crippen molar-refractivity contribution >= 4 is 40.8 Å². The second-order valence-electron chi connectivity index (χ2n) is 7.14. The van der Waals surface area contributed by atoms with Crippen LogP contribution in [-0.4, -0.2) is 35.9 Å². The van der Waals surface area contributed by atoms with E-state index in [9.17, 15) is 14.4 Å². The number of urea groups is 1. The summed E-state index contributed by atoms with van der Waals surface area (Å²) in [5.41, 5.74) is 0.905.